The first kappa shape index (κ1) is 18.6. The summed E-state index contributed by atoms with van der Waals surface area (Å²) in [5.41, 5.74) is 7.34. The van der Waals surface area contributed by atoms with Gasteiger partial charge in [-0.1, -0.05) is 36.3 Å². The van der Waals surface area contributed by atoms with Crippen LogP contribution >= 0.6 is 11.3 Å². The number of nitrogens with zero attached hydrogens (tertiary/aromatic N) is 1. The number of piperidine rings is 1. The van der Waals surface area contributed by atoms with Gasteiger partial charge in [0.1, 0.15) is 4.21 Å². The molecule has 0 unspecified atom stereocenters. The molecular formula is C19H20N2O3S2. The monoisotopic (exact) mass is 388 g/mol. The maximum Gasteiger partial charge on any atom is 0.239 e. The van der Waals surface area contributed by atoms with E-state index in [0.29, 0.717) is 19.6 Å². The summed E-state index contributed by atoms with van der Waals surface area (Å²) in [6.45, 7) is 1.30. The van der Waals surface area contributed by atoms with E-state index in [0.717, 1.165) is 22.5 Å². The number of amides is 1. The molecule has 1 amide bonds. The van der Waals surface area contributed by atoms with E-state index < -0.39 is 20.5 Å². The Kier molecular flexibility index (Phi) is 5.19. The number of sulfone groups is 1. The third-order valence-corrected chi connectivity index (χ3v) is 8.84. The third kappa shape index (κ3) is 3.16. The molecule has 2 N–H and O–H groups in total. The molecule has 0 atom stereocenters. The van der Waals surface area contributed by atoms with E-state index >= 15 is 0 Å². The van der Waals surface area contributed by atoms with Crippen molar-refractivity contribution in [2.24, 2.45) is 5.73 Å². The average molecular weight is 389 g/mol. The highest BCUT2D eigenvalue weighted by molar-refractivity contribution is 7.95. The number of terminal acetylenes is 1. The summed E-state index contributed by atoms with van der Waals surface area (Å²) in [6, 6.07) is 11.2. The number of hydrogen-bond donors (Lipinski definition) is 1. The highest BCUT2D eigenvalue weighted by Crippen LogP contribution is 2.39. The first-order valence-corrected chi connectivity index (χ1v) is 10.6. The molecule has 0 bridgehead atoms. The Labute approximate surface area is 157 Å². The Bertz CT molecular complexity index is 935. The lowest BCUT2D eigenvalue weighted by molar-refractivity contribution is -0.121. The first-order valence-electron chi connectivity index (χ1n) is 8.25. The van der Waals surface area contributed by atoms with Crippen molar-refractivity contribution in [2.75, 3.05) is 19.6 Å². The number of likely N-dealkylation sites (tertiary alicyclic amines) is 1. The lowest BCUT2D eigenvalue weighted by Gasteiger charge is -2.37. The normalized spacial score (nSPS) is 17.5. The maximum absolute atomic E-state index is 13.3. The van der Waals surface area contributed by atoms with E-state index in [9.17, 15) is 13.2 Å². The van der Waals surface area contributed by atoms with Gasteiger partial charge in [-0.15, -0.1) is 17.8 Å². The summed E-state index contributed by atoms with van der Waals surface area (Å²) < 4.78 is 25.2. The SMILES string of the molecule is C#CCN1CCC(C(N)=O)(S(=O)(=O)c2cc(-c3ccccc3)cs2)CC1. The molecular weight excluding hydrogens is 368 g/mol. The van der Waals surface area contributed by atoms with Crippen LogP contribution in [0.1, 0.15) is 12.8 Å². The molecule has 2 heterocycles. The van der Waals surface area contributed by atoms with Crippen LogP contribution in [-0.2, 0) is 14.6 Å². The molecule has 1 saturated heterocycles. The van der Waals surface area contributed by atoms with Crippen molar-refractivity contribution in [1.29, 1.82) is 0 Å². The van der Waals surface area contributed by atoms with Crippen molar-refractivity contribution in [1.82, 2.24) is 4.90 Å². The van der Waals surface area contributed by atoms with Crippen LogP contribution in [0.2, 0.25) is 0 Å². The van der Waals surface area contributed by atoms with E-state index in [1.165, 1.54) is 0 Å². The lowest BCUT2D eigenvalue weighted by atomic mass is 9.95. The summed E-state index contributed by atoms with van der Waals surface area (Å²) in [5.74, 6) is 1.76. The fourth-order valence-electron chi connectivity index (χ4n) is 3.28. The van der Waals surface area contributed by atoms with Crippen molar-refractivity contribution < 1.29 is 13.2 Å². The zero-order chi connectivity index (χ0) is 18.8. The van der Waals surface area contributed by atoms with Crippen LogP contribution in [0.25, 0.3) is 11.1 Å². The molecule has 3 rings (SSSR count). The van der Waals surface area contributed by atoms with Crippen molar-refractivity contribution in [3.63, 3.8) is 0 Å². The number of nitrogens with two attached hydrogens (primary N) is 1. The van der Waals surface area contributed by atoms with Crippen LogP contribution in [0.4, 0.5) is 0 Å². The van der Waals surface area contributed by atoms with Gasteiger partial charge in [-0.25, -0.2) is 8.42 Å². The second kappa shape index (κ2) is 7.23. The molecule has 0 aliphatic carbocycles. The number of benzene rings is 1. The quantitative estimate of drug-likeness (QED) is 0.796. The molecule has 1 aromatic heterocycles. The fourth-order valence-corrected chi connectivity index (χ4v) is 6.71. The van der Waals surface area contributed by atoms with E-state index in [2.05, 4.69) is 5.92 Å². The van der Waals surface area contributed by atoms with Gasteiger partial charge < -0.3 is 5.73 Å². The molecule has 1 aromatic carbocycles. The third-order valence-electron chi connectivity index (χ3n) is 4.89. The molecule has 0 radical (unpaired) electrons. The molecule has 26 heavy (non-hydrogen) atoms. The standard InChI is InChI=1S/C19H20N2O3S2/c1-2-10-21-11-8-19(9-12-21,18(20)22)26(23,24)17-13-16(14-25-17)15-6-4-3-5-7-15/h1,3-7,13-14H,8-12H2,(H2,20,22). The fraction of sp³-hybridized carbons (Fsp3) is 0.316. The van der Waals surface area contributed by atoms with Gasteiger partial charge in [0.25, 0.3) is 0 Å². The zero-order valence-corrected chi connectivity index (χ0v) is 15.9. The van der Waals surface area contributed by atoms with Gasteiger partial charge in [-0.05, 0) is 35.4 Å². The molecule has 1 aliphatic heterocycles. The minimum absolute atomic E-state index is 0.158. The van der Waals surface area contributed by atoms with Gasteiger partial charge in [0, 0.05) is 13.1 Å². The van der Waals surface area contributed by atoms with Crippen LogP contribution < -0.4 is 5.73 Å². The minimum atomic E-state index is -3.88. The molecule has 0 saturated carbocycles. The Morgan fingerprint density at radius 2 is 1.88 bits per heavy atom. The largest absolute Gasteiger partial charge is 0.368 e. The molecule has 2 aromatic rings. The highest BCUT2D eigenvalue weighted by Gasteiger charge is 2.52. The average Bonchev–Trinajstić information content (AvgIpc) is 3.14. The number of carbonyl (C=O) groups is 1. The minimum Gasteiger partial charge on any atom is -0.368 e. The molecule has 0 spiro atoms. The summed E-state index contributed by atoms with van der Waals surface area (Å²) in [7, 11) is -3.88. The predicted octanol–water partition coefficient (Wildman–Crippen LogP) is 2.14. The topological polar surface area (TPSA) is 80.5 Å². The predicted molar refractivity (Wildman–Crippen MR) is 103 cm³/mol. The maximum atomic E-state index is 13.3. The van der Waals surface area contributed by atoms with Crippen molar-refractivity contribution >= 4 is 27.1 Å². The number of rotatable bonds is 5. The summed E-state index contributed by atoms with van der Waals surface area (Å²) in [6.07, 6.45) is 5.64. The number of carbonyl (C=O) groups excluding carboxylic acids is 1. The summed E-state index contributed by atoms with van der Waals surface area (Å²) in [5, 5.41) is 1.80. The van der Waals surface area contributed by atoms with Crippen LogP contribution in [-0.4, -0.2) is 43.6 Å². The number of thiophene rings is 1. The molecule has 1 aliphatic rings. The van der Waals surface area contributed by atoms with E-state index in [-0.39, 0.29) is 17.1 Å². The van der Waals surface area contributed by atoms with E-state index in [1.54, 1.807) is 11.4 Å². The smallest absolute Gasteiger partial charge is 0.239 e. The Hall–Kier alpha value is -2.14. The van der Waals surface area contributed by atoms with Crippen molar-refractivity contribution in [3.8, 4) is 23.5 Å². The van der Waals surface area contributed by atoms with Gasteiger partial charge in [0.2, 0.25) is 15.7 Å². The molecule has 136 valence electrons. The second-order valence-corrected chi connectivity index (χ2v) is 9.76. The van der Waals surface area contributed by atoms with Gasteiger partial charge in [0.15, 0.2) is 4.75 Å². The zero-order valence-electron chi connectivity index (χ0n) is 14.2. The van der Waals surface area contributed by atoms with Crippen LogP contribution in [0.3, 0.4) is 0 Å². The van der Waals surface area contributed by atoms with Gasteiger partial charge >= 0.3 is 0 Å². The number of hydrogen-bond acceptors (Lipinski definition) is 5. The molecule has 5 nitrogen and oxygen atoms in total. The Morgan fingerprint density at radius 1 is 1.23 bits per heavy atom. The van der Waals surface area contributed by atoms with Crippen LogP contribution in [0, 0.1) is 12.3 Å². The van der Waals surface area contributed by atoms with Crippen molar-refractivity contribution in [2.45, 2.75) is 21.8 Å². The van der Waals surface area contributed by atoms with Crippen molar-refractivity contribution in [3.05, 3.63) is 41.8 Å². The molecule has 7 heteroatoms. The van der Waals surface area contributed by atoms with Gasteiger partial charge in [-0.3, -0.25) is 9.69 Å². The second-order valence-electron chi connectivity index (χ2n) is 6.36. The van der Waals surface area contributed by atoms with Crippen LogP contribution in [0.15, 0.2) is 46.0 Å². The summed E-state index contributed by atoms with van der Waals surface area (Å²) in [4.78, 5) is 14.2. The van der Waals surface area contributed by atoms with E-state index in [4.69, 9.17) is 12.2 Å². The Balaban J connectivity index is 1.94. The first-order chi connectivity index (χ1) is 12.4. The van der Waals surface area contributed by atoms with Gasteiger partial charge in [-0.2, -0.15) is 0 Å². The van der Waals surface area contributed by atoms with Crippen LogP contribution in [0.5, 0.6) is 0 Å². The van der Waals surface area contributed by atoms with Gasteiger partial charge in [0.05, 0.1) is 6.54 Å². The highest BCUT2D eigenvalue weighted by atomic mass is 32.2. The van der Waals surface area contributed by atoms with E-state index in [1.807, 2.05) is 35.2 Å². The summed E-state index contributed by atoms with van der Waals surface area (Å²) >= 11 is 1.13. The lowest BCUT2D eigenvalue weighted by Crippen LogP contribution is -2.56. The Morgan fingerprint density at radius 3 is 2.46 bits per heavy atom. The number of primary amides is 1. The molecule has 1 fully saturated rings.